The van der Waals surface area contributed by atoms with E-state index in [9.17, 15) is 14.7 Å². The Labute approximate surface area is 152 Å². The summed E-state index contributed by atoms with van der Waals surface area (Å²) in [6, 6.07) is 13.4. The summed E-state index contributed by atoms with van der Waals surface area (Å²) in [5, 5.41) is 11.3. The molecule has 3 nitrogen and oxygen atoms in total. The van der Waals surface area contributed by atoms with E-state index in [2.05, 4.69) is 0 Å². The summed E-state index contributed by atoms with van der Waals surface area (Å²) in [5.74, 6) is -1.34. The Morgan fingerprint density at radius 3 is 2.25 bits per heavy atom. The molecule has 0 aliphatic carbocycles. The smallest absolute Gasteiger partial charge is 0.200 e. The van der Waals surface area contributed by atoms with E-state index in [0.717, 1.165) is 16.8 Å². The van der Waals surface area contributed by atoms with Gasteiger partial charge in [0.1, 0.15) is 10.6 Å². The van der Waals surface area contributed by atoms with Crippen LogP contribution in [0.4, 0.5) is 0 Å². The first kappa shape index (κ1) is 16.8. The van der Waals surface area contributed by atoms with Gasteiger partial charge in [0.2, 0.25) is 5.78 Å². The molecular formula is C18H9Cl3O3. The van der Waals surface area contributed by atoms with Gasteiger partial charge in [0, 0.05) is 11.6 Å². The van der Waals surface area contributed by atoms with Gasteiger partial charge in [-0.3, -0.25) is 9.59 Å². The van der Waals surface area contributed by atoms with Gasteiger partial charge in [-0.25, -0.2) is 0 Å². The Morgan fingerprint density at radius 2 is 1.54 bits per heavy atom. The Bertz CT molecular complexity index is 1050. The number of aromatic hydroxyl groups is 1. The predicted octanol–water partition coefficient (Wildman–Crippen LogP) is 5.10. The first-order chi connectivity index (χ1) is 11.4. The van der Waals surface area contributed by atoms with Crippen LogP contribution in [0.3, 0.4) is 0 Å². The van der Waals surface area contributed by atoms with Crippen LogP contribution in [0.25, 0.3) is 10.8 Å². The average molecular weight is 380 g/mol. The number of halogens is 3. The number of fused-ring (bicyclic) bond motifs is 1. The number of hydrogen-bond donors (Lipinski definition) is 1. The maximum Gasteiger partial charge on any atom is 0.200 e. The lowest BCUT2D eigenvalue weighted by Gasteiger charge is -2.04. The van der Waals surface area contributed by atoms with Crippen molar-refractivity contribution in [3.8, 4) is 5.75 Å². The van der Waals surface area contributed by atoms with Crippen molar-refractivity contribution < 1.29 is 9.90 Å². The van der Waals surface area contributed by atoms with Crippen LogP contribution in [-0.2, 0) is 0 Å². The summed E-state index contributed by atoms with van der Waals surface area (Å²) < 4.78 is 0. The van der Waals surface area contributed by atoms with Crippen molar-refractivity contribution in [3.63, 3.8) is 0 Å². The normalized spacial score (nSPS) is 10.8. The van der Waals surface area contributed by atoms with E-state index in [0.29, 0.717) is 0 Å². The second-order valence-corrected chi connectivity index (χ2v) is 6.26. The largest absolute Gasteiger partial charge is 0.505 e. The van der Waals surface area contributed by atoms with Gasteiger partial charge in [-0.2, -0.15) is 0 Å². The first-order valence-electron chi connectivity index (χ1n) is 6.84. The first-order valence-corrected chi connectivity index (χ1v) is 7.98. The highest BCUT2D eigenvalue weighted by Crippen LogP contribution is 2.36. The molecule has 0 aromatic heterocycles. The van der Waals surface area contributed by atoms with Crippen molar-refractivity contribution in [2.45, 2.75) is 0 Å². The molecule has 3 aromatic rings. The van der Waals surface area contributed by atoms with Crippen molar-refractivity contribution in [1.29, 1.82) is 0 Å². The van der Waals surface area contributed by atoms with E-state index in [-0.39, 0.29) is 20.6 Å². The Kier molecular flexibility index (Phi) is 4.50. The molecule has 1 N–H and O–H groups in total. The standard InChI is InChI=1S/C18H9Cl3O3/c19-12-8-13(22)14(18(24)16(21)15(12)20)17(23)11-6-5-9-3-1-2-4-10(9)7-11/h1-8,24H. The molecule has 0 unspecified atom stereocenters. The Hall–Kier alpha value is -2.07. The molecule has 0 bridgehead atoms. The van der Waals surface area contributed by atoms with E-state index >= 15 is 0 Å². The third-order valence-electron chi connectivity index (χ3n) is 3.59. The molecule has 0 amide bonds. The molecule has 0 radical (unpaired) electrons. The Balaban J connectivity index is 2.25. The highest BCUT2D eigenvalue weighted by Gasteiger charge is 2.22. The zero-order valence-electron chi connectivity index (χ0n) is 12.0. The molecule has 0 saturated heterocycles. The minimum Gasteiger partial charge on any atom is -0.505 e. The van der Waals surface area contributed by atoms with Crippen LogP contribution in [-0.4, -0.2) is 10.9 Å². The molecule has 24 heavy (non-hydrogen) atoms. The second kappa shape index (κ2) is 6.44. The average Bonchev–Trinajstić information content (AvgIpc) is 2.65. The third-order valence-corrected chi connectivity index (χ3v) is 4.84. The van der Waals surface area contributed by atoms with Crippen molar-refractivity contribution in [1.82, 2.24) is 0 Å². The third kappa shape index (κ3) is 2.86. The zero-order valence-corrected chi connectivity index (χ0v) is 14.3. The van der Waals surface area contributed by atoms with E-state index in [1.54, 1.807) is 18.2 Å². The molecule has 0 aliphatic rings. The van der Waals surface area contributed by atoms with Gasteiger partial charge in [0.15, 0.2) is 11.2 Å². The lowest BCUT2D eigenvalue weighted by molar-refractivity contribution is 0.103. The van der Waals surface area contributed by atoms with Crippen molar-refractivity contribution in [2.75, 3.05) is 0 Å². The van der Waals surface area contributed by atoms with Gasteiger partial charge in [-0.15, -0.1) is 0 Å². The minimum atomic E-state index is -0.760. The maximum atomic E-state index is 12.7. The van der Waals surface area contributed by atoms with Crippen LogP contribution in [0.2, 0.25) is 15.1 Å². The van der Waals surface area contributed by atoms with Gasteiger partial charge in [0.05, 0.1) is 10.0 Å². The molecule has 0 heterocycles. The van der Waals surface area contributed by atoms with Crippen molar-refractivity contribution >= 4 is 51.4 Å². The van der Waals surface area contributed by atoms with Crippen LogP contribution >= 0.6 is 34.8 Å². The highest BCUT2D eigenvalue weighted by molar-refractivity contribution is 6.48. The van der Waals surface area contributed by atoms with Crippen LogP contribution in [0, 0.1) is 0 Å². The topological polar surface area (TPSA) is 54.4 Å². The molecule has 120 valence electrons. The summed E-state index contributed by atoms with van der Waals surface area (Å²) >= 11 is 17.6. The SMILES string of the molecule is O=C(c1ccc2ccccc2c1)c1c(O)c(Cl)c(Cl)c(Cl)cc1=O. The summed E-state index contributed by atoms with van der Waals surface area (Å²) in [6.45, 7) is 0. The van der Waals surface area contributed by atoms with Gasteiger partial charge >= 0.3 is 0 Å². The van der Waals surface area contributed by atoms with Crippen LogP contribution in [0.1, 0.15) is 15.9 Å². The van der Waals surface area contributed by atoms with Crippen LogP contribution < -0.4 is 5.43 Å². The molecule has 0 spiro atoms. The monoisotopic (exact) mass is 378 g/mol. The van der Waals surface area contributed by atoms with Gasteiger partial charge in [-0.1, -0.05) is 71.2 Å². The molecule has 0 atom stereocenters. The number of hydrogen-bond acceptors (Lipinski definition) is 3. The fraction of sp³-hybridized carbons (Fsp3) is 0. The molecule has 3 rings (SSSR count). The predicted molar refractivity (Wildman–Crippen MR) is 96.8 cm³/mol. The number of benzene rings is 2. The number of carbonyl (C=O) groups is 1. The lowest BCUT2D eigenvalue weighted by atomic mass is 10.00. The van der Waals surface area contributed by atoms with Crippen LogP contribution in [0.5, 0.6) is 5.75 Å². The fourth-order valence-corrected chi connectivity index (χ4v) is 2.96. The fourth-order valence-electron chi connectivity index (χ4n) is 2.38. The molecule has 0 fully saturated rings. The van der Waals surface area contributed by atoms with E-state index in [4.69, 9.17) is 34.8 Å². The number of rotatable bonds is 2. The molecule has 0 saturated carbocycles. The maximum absolute atomic E-state index is 12.7. The summed E-state index contributed by atoms with van der Waals surface area (Å²) in [6.07, 6.45) is 0. The Morgan fingerprint density at radius 1 is 0.875 bits per heavy atom. The second-order valence-electron chi connectivity index (χ2n) is 5.10. The summed E-state index contributed by atoms with van der Waals surface area (Å²) in [7, 11) is 0. The minimum absolute atomic E-state index is 0.139. The quantitative estimate of drug-likeness (QED) is 0.630. The van der Waals surface area contributed by atoms with E-state index < -0.39 is 22.5 Å². The molecular weight excluding hydrogens is 371 g/mol. The molecule has 3 aromatic carbocycles. The van der Waals surface area contributed by atoms with Crippen molar-refractivity contribution in [3.05, 3.63) is 84.9 Å². The van der Waals surface area contributed by atoms with Gasteiger partial charge in [-0.05, 0) is 16.8 Å². The summed E-state index contributed by atoms with van der Waals surface area (Å²) in [4.78, 5) is 25.0. The summed E-state index contributed by atoms with van der Waals surface area (Å²) in [5.41, 5.74) is -0.982. The number of carbonyl (C=O) groups excluding carboxylic acids is 1. The van der Waals surface area contributed by atoms with Crippen molar-refractivity contribution in [2.24, 2.45) is 0 Å². The number of ketones is 1. The molecule has 0 aliphatic heterocycles. The zero-order chi connectivity index (χ0) is 17.4. The molecule has 6 heteroatoms. The van der Waals surface area contributed by atoms with Crippen LogP contribution in [0.15, 0.2) is 53.3 Å². The van der Waals surface area contributed by atoms with E-state index in [1.807, 2.05) is 24.3 Å². The van der Waals surface area contributed by atoms with Gasteiger partial charge in [0.25, 0.3) is 0 Å². The van der Waals surface area contributed by atoms with E-state index in [1.165, 1.54) is 0 Å². The highest BCUT2D eigenvalue weighted by atomic mass is 35.5. The van der Waals surface area contributed by atoms with Gasteiger partial charge < -0.3 is 5.11 Å². The lowest BCUT2D eigenvalue weighted by Crippen LogP contribution is -2.13.